The molecule has 1 aromatic heterocycles. The van der Waals surface area contributed by atoms with Crippen molar-refractivity contribution in [3.05, 3.63) is 23.8 Å². The van der Waals surface area contributed by atoms with E-state index < -0.39 is 0 Å². The Morgan fingerprint density at radius 2 is 1.95 bits per heavy atom. The number of hydrogen-bond donors (Lipinski definition) is 1. The average molecular weight is 273 g/mol. The second-order valence-corrected chi connectivity index (χ2v) is 5.86. The van der Waals surface area contributed by atoms with E-state index in [9.17, 15) is 0 Å². The second-order valence-electron chi connectivity index (χ2n) is 5.86. The highest BCUT2D eigenvalue weighted by Crippen LogP contribution is 2.27. The quantitative estimate of drug-likeness (QED) is 0.849. The first-order valence-electron chi connectivity index (χ1n) is 7.13. The van der Waals surface area contributed by atoms with Crippen molar-refractivity contribution in [1.29, 1.82) is 0 Å². The summed E-state index contributed by atoms with van der Waals surface area (Å²) in [5.41, 5.74) is 8.83. The minimum atomic E-state index is 0.266. The first-order valence-corrected chi connectivity index (χ1v) is 7.13. The van der Waals surface area contributed by atoms with Crippen molar-refractivity contribution in [2.24, 2.45) is 5.92 Å². The average Bonchev–Trinajstić information content (AvgIpc) is 2.88. The highest BCUT2D eigenvalue weighted by molar-refractivity contribution is 5.72. The zero-order chi connectivity index (χ0) is 14.7. The van der Waals surface area contributed by atoms with Crippen LogP contribution in [0.25, 0.3) is 11.4 Å². The van der Waals surface area contributed by atoms with Crippen LogP contribution < -0.4 is 5.73 Å². The molecule has 0 amide bonds. The number of benzene rings is 1. The first kappa shape index (κ1) is 14.5. The molecule has 0 aliphatic carbocycles. The van der Waals surface area contributed by atoms with Gasteiger partial charge in [0, 0.05) is 11.3 Å². The molecule has 2 rings (SSSR count). The lowest BCUT2D eigenvalue weighted by molar-refractivity contribution is 0.406. The summed E-state index contributed by atoms with van der Waals surface area (Å²) in [6.45, 7) is 8.64. The maximum absolute atomic E-state index is 6.06. The minimum Gasteiger partial charge on any atom is -0.398 e. The Balaban J connectivity index is 2.30. The fourth-order valence-electron chi connectivity index (χ4n) is 2.23. The second kappa shape index (κ2) is 6.03. The number of nitrogens with two attached hydrogens (primary N) is 1. The molecule has 0 spiro atoms. The topological polar surface area (TPSA) is 69.6 Å². The Bertz CT molecular complexity index is 573. The lowest BCUT2D eigenvalue weighted by atomic mass is 10.0. The normalized spacial score (nSPS) is 12.8. The van der Waals surface area contributed by atoms with Crippen LogP contribution in [0.4, 0.5) is 5.69 Å². The van der Waals surface area contributed by atoms with Crippen LogP contribution in [0.15, 0.2) is 18.2 Å². The Morgan fingerprint density at radius 1 is 1.20 bits per heavy atom. The smallest absolute Gasteiger partial charge is 0.184 e. The van der Waals surface area contributed by atoms with Crippen molar-refractivity contribution >= 4 is 5.69 Å². The number of nitrogen functional groups attached to an aromatic ring is 1. The van der Waals surface area contributed by atoms with Crippen molar-refractivity contribution in [1.82, 2.24) is 20.2 Å². The SMILES string of the molecule is Cc1ccc(N)c(-c2nnnn2C(C)CCC(C)C)c1. The van der Waals surface area contributed by atoms with Gasteiger partial charge in [-0.25, -0.2) is 4.68 Å². The van der Waals surface area contributed by atoms with E-state index in [1.54, 1.807) is 0 Å². The van der Waals surface area contributed by atoms with Gasteiger partial charge in [0.15, 0.2) is 5.82 Å². The van der Waals surface area contributed by atoms with Gasteiger partial charge >= 0.3 is 0 Å². The maximum atomic E-state index is 6.06. The van der Waals surface area contributed by atoms with Gasteiger partial charge in [0.25, 0.3) is 0 Å². The van der Waals surface area contributed by atoms with Gasteiger partial charge < -0.3 is 5.73 Å². The monoisotopic (exact) mass is 273 g/mol. The Labute approximate surface area is 120 Å². The lowest BCUT2D eigenvalue weighted by Crippen LogP contribution is -2.11. The summed E-state index contributed by atoms with van der Waals surface area (Å²) in [5, 5.41) is 12.1. The molecule has 0 aliphatic rings. The fourth-order valence-corrected chi connectivity index (χ4v) is 2.23. The third-order valence-corrected chi connectivity index (χ3v) is 3.52. The summed E-state index contributed by atoms with van der Waals surface area (Å²) in [6.07, 6.45) is 2.21. The van der Waals surface area contributed by atoms with Gasteiger partial charge in [-0.3, -0.25) is 0 Å². The van der Waals surface area contributed by atoms with E-state index in [4.69, 9.17) is 5.73 Å². The van der Waals surface area contributed by atoms with E-state index in [0.717, 1.165) is 29.8 Å². The van der Waals surface area contributed by atoms with E-state index in [1.807, 2.05) is 29.8 Å². The summed E-state index contributed by atoms with van der Waals surface area (Å²) >= 11 is 0. The molecule has 1 unspecified atom stereocenters. The van der Waals surface area contributed by atoms with Gasteiger partial charge in [0.1, 0.15) is 0 Å². The van der Waals surface area contributed by atoms with Gasteiger partial charge in [-0.2, -0.15) is 0 Å². The van der Waals surface area contributed by atoms with Crippen LogP contribution >= 0.6 is 0 Å². The molecular weight excluding hydrogens is 250 g/mol. The Hall–Kier alpha value is -1.91. The molecule has 1 heterocycles. The summed E-state index contributed by atoms with van der Waals surface area (Å²) < 4.78 is 1.88. The zero-order valence-electron chi connectivity index (χ0n) is 12.7. The third kappa shape index (κ3) is 3.15. The number of hydrogen-bond acceptors (Lipinski definition) is 4. The molecule has 0 bridgehead atoms. The Morgan fingerprint density at radius 3 is 2.65 bits per heavy atom. The molecule has 2 aromatic rings. The summed E-state index contributed by atoms with van der Waals surface area (Å²) in [5.74, 6) is 1.43. The minimum absolute atomic E-state index is 0.266. The predicted octanol–water partition coefficient (Wildman–Crippen LogP) is 3.23. The number of aryl methyl sites for hydroxylation is 1. The molecule has 0 fully saturated rings. The third-order valence-electron chi connectivity index (χ3n) is 3.52. The number of tetrazole rings is 1. The molecule has 1 atom stereocenters. The molecule has 1 aromatic carbocycles. The highest BCUT2D eigenvalue weighted by Gasteiger charge is 2.16. The first-order chi connectivity index (χ1) is 9.49. The summed E-state index contributed by atoms with van der Waals surface area (Å²) in [4.78, 5) is 0. The van der Waals surface area contributed by atoms with Crippen molar-refractivity contribution in [3.63, 3.8) is 0 Å². The van der Waals surface area contributed by atoms with Crippen molar-refractivity contribution < 1.29 is 0 Å². The van der Waals surface area contributed by atoms with E-state index >= 15 is 0 Å². The van der Waals surface area contributed by atoms with Gasteiger partial charge in [0.2, 0.25) is 0 Å². The number of rotatable bonds is 5. The number of anilines is 1. The fraction of sp³-hybridized carbons (Fsp3) is 0.533. The molecule has 5 nitrogen and oxygen atoms in total. The van der Waals surface area contributed by atoms with Gasteiger partial charge in [-0.05, 0) is 55.2 Å². The molecule has 5 heteroatoms. The van der Waals surface area contributed by atoms with Gasteiger partial charge in [0.05, 0.1) is 6.04 Å². The molecule has 0 radical (unpaired) electrons. The molecule has 20 heavy (non-hydrogen) atoms. The molecule has 0 aliphatic heterocycles. The maximum Gasteiger partial charge on any atom is 0.184 e. The molecule has 2 N–H and O–H groups in total. The Kier molecular flexibility index (Phi) is 4.37. The van der Waals surface area contributed by atoms with E-state index in [1.165, 1.54) is 0 Å². The van der Waals surface area contributed by atoms with Crippen LogP contribution in [0.1, 0.15) is 45.2 Å². The van der Waals surface area contributed by atoms with Crippen LogP contribution in [0.2, 0.25) is 0 Å². The van der Waals surface area contributed by atoms with Crippen molar-refractivity contribution in [2.75, 3.05) is 5.73 Å². The van der Waals surface area contributed by atoms with Crippen LogP contribution in [-0.4, -0.2) is 20.2 Å². The van der Waals surface area contributed by atoms with Crippen LogP contribution in [0.5, 0.6) is 0 Å². The summed E-state index contributed by atoms with van der Waals surface area (Å²) in [6, 6.07) is 6.20. The van der Waals surface area contributed by atoms with Crippen molar-refractivity contribution in [2.45, 2.75) is 46.6 Å². The standard InChI is InChI=1S/C15H23N5/c1-10(2)5-7-12(4)20-15(17-18-19-20)13-9-11(3)6-8-14(13)16/h6,8-10,12H,5,7,16H2,1-4H3. The van der Waals surface area contributed by atoms with E-state index in [-0.39, 0.29) is 6.04 Å². The van der Waals surface area contributed by atoms with Gasteiger partial charge in [-0.1, -0.05) is 25.5 Å². The van der Waals surface area contributed by atoms with Crippen LogP contribution in [0.3, 0.4) is 0 Å². The highest BCUT2D eigenvalue weighted by atomic mass is 15.5. The number of aromatic nitrogens is 4. The zero-order valence-corrected chi connectivity index (χ0v) is 12.7. The van der Waals surface area contributed by atoms with Crippen molar-refractivity contribution in [3.8, 4) is 11.4 Å². The molecule has 0 saturated carbocycles. The largest absolute Gasteiger partial charge is 0.398 e. The summed E-state index contributed by atoms with van der Waals surface area (Å²) in [7, 11) is 0. The molecule has 0 saturated heterocycles. The van der Waals surface area contributed by atoms with E-state index in [0.29, 0.717) is 11.6 Å². The van der Waals surface area contributed by atoms with Crippen LogP contribution in [0, 0.1) is 12.8 Å². The van der Waals surface area contributed by atoms with Gasteiger partial charge in [-0.15, -0.1) is 5.10 Å². The van der Waals surface area contributed by atoms with Crippen LogP contribution in [-0.2, 0) is 0 Å². The van der Waals surface area contributed by atoms with E-state index in [2.05, 4.69) is 36.3 Å². The predicted molar refractivity (Wildman–Crippen MR) is 81.2 cm³/mol. The lowest BCUT2D eigenvalue weighted by Gasteiger charge is -2.15. The number of nitrogens with zero attached hydrogens (tertiary/aromatic N) is 4. The molecular formula is C15H23N5. The molecule has 108 valence electrons.